The molecule has 3 rings (SSSR count). The van der Waals surface area contributed by atoms with E-state index in [1.807, 2.05) is 6.92 Å². The highest BCUT2D eigenvalue weighted by Gasteiger charge is 2.61. The maximum Gasteiger partial charge on any atom is 0.354 e. The van der Waals surface area contributed by atoms with Crippen molar-refractivity contribution in [1.82, 2.24) is 9.80 Å². The predicted molar refractivity (Wildman–Crippen MR) is 101 cm³/mol. The first-order chi connectivity index (χ1) is 13.3. The van der Waals surface area contributed by atoms with Gasteiger partial charge in [-0.25, -0.2) is 4.79 Å². The number of nitrogens with zero attached hydrogens (tertiary/aromatic N) is 3. The van der Waals surface area contributed by atoms with E-state index in [-0.39, 0.29) is 30.6 Å². The number of para-hydroxylation sites is 1. The number of carbonyl (C=O) groups is 4. The van der Waals surface area contributed by atoms with E-state index in [2.05, 4.69) is 0 Å². The van der Waals surface area contributed by atoms with Crippen LogP contribution in [0.1, 0.15) is 43.0 Å². The Morgan fingerprint density at radius 3 is 2.61 bits per heavy atom. The first-order valence-corrected chi connectivity index (χ1v) is 9.46. The third-order valence-electron chi connectivity index (χ3n) is 5.26. The van der Waals surface area contributed by atoms with Crippen molar-refractivity contribution in [2.45, 2.75) is 38.3 Å². The molecule has 1 fully saturated rings. The van der Waals surface area contributed by atoms with Crippen LogP contribution in [0.5, 0.6) is 0 Å². The van der Waals surface area contributed by atoms with Crippen LogP contribution in [0.2, 0.25) is 0 Å². The second-order valence-electron chi connectivity index (χ2n) is 7.24. The van der Waals surface area contributed by atoms with Gasteiger partial charge in [-0.2, -0.15) is 0 Å². The summed E-state index contributed by atoms with van der Waals surface area (Å²) in [7, 11) is 3.13. The van der Waals surface area contributed by atoms with Gasteiger partial charge in [0.25, 0.3) is 11.8 Å². The maximum absolute atomic E-state index is 13.2. The van der Waals surface area contributed by atoms with Gasteiger partial charge in [-0.1, -0.05) is 25.5 Å². The molecule has 0 N–H and O–H groups in total. The second kappa shape index (κ2) is 7.61. The highest BCUT2D eigenvalue weighted by molar-refractivity contribution is 6.15. The SMILES string of the molecule is CCCCN1C(=O)c2ccccc2N2C(=O)CC[C@]12C(=O)OCC(=O)N(C)C. The van der Waals surface area contributed by atoms with Crippen LogP contribution in [0.25, 0.3) is 0 Å². The van der Waals surface area contributed by atoms with Gasteiger partial charge in [0.2, 0.25) is 11.6 Å². The van der Waals surface area contributed by atoms with Crippen molar-refractivity contribution in [2.24, 2.45) is 0 Å². The molecular weight excluding hydrogens is 362 g/mol. The number of unbranched alkanes of at least 4 members (excludes halogenated alkanes) is 1. The van der Waals surface area contributed by atoms with Gasteiger partial charge in [-0.15, -0.1) is 0 Å². The summed E-state index contributed by atoms with van der Waals surface area (Å²) in [6.45, 7) is 1.87. The number of ether oxygens (including phenoxy) is 1. The standard InChI is InChI=1S/C20H25N3O5/c1-4-5-12-22-18(26)14-8-6-7-9-15(14)23-16(24)10-11-20(22,23)19(27)28-13-17(25)21(2)3/h6-9H,4-5,10-13H2,1-3H3/t20-/m0/s1. The Morgan fingerprint density at radius 1 is 1.21 bits per heavy atom. The van der Waals surface area contributed by atoms with Crippen molar-refractivity contribution in [3.63, 3.8) is 0 Å². The number of fused-ring (bicyclic) bond motifs is 3. The molecule has 2 aliphatic rings. The molecule has 0 radical (unpaired) electrons. The molecule has 0 spiro atoms. The third-order valence-corrected chi connectivity index (χ3v) is 5.26. The van der Waals surface area contributed by atoms with Gasteiger partial charge in [0.15, 0.2) is 6.61 Å². The highest BCUT2D eigenvalue weighted by Crippen LogP contribution is 2.45. The quantitative estimate of drug-likeness (QED) is 0.689. The molecule has 0 aromatic heterocycles. The van der Waals surface area contributed by atoms with Crippen LogP contribution in [0.15, 0.2) is 24.3 Å². The van der Waals surface area contributed by atoms with E-state index in [4.69, 9.17) is 4.74 Å². The van der Waals surface area contributed by atoms with Crippen LogP contribution in [-0.4, -0.2) is 66.4 Å². The van der Waals surface area contributed by atoms with Crippen molar-refractivity contribution in [1.29, 1.82) is 0 Å². The Hall–Kier alpha value is -2.90. The van der Waals surface area contributed by atoms with Crippen LogP contribution in [-0.2, 0) is 19.1 Å². The zero-order valence-corrected chi connectivity index (χ0v) is 16.4. The van der Waals surface area contributed by atoms with Crippen LogP contribution < -0.4 is 4.90 Å². The molecule has 1 atom stereocenters. The van der Waals surface area contributed by atoms with E-state index in [1.165, 1.54) is 14.7 Å². The summed E-state index contributed by atoms with van der Waals surface area (Å²) in [5.41, 5.74) is -0.732. The number of anilines is 1. The minimum Gasteiger partial charge on any atom is -0.452 e. The highest BCUT2D eigenvalue weighted by atomic mass is 16.5. The monoisotopic (exact) mass is 387 g/mol. The smallest absolute Gasteiger partial charge is 0.354 e. The van der Waals surface area contributed by atoms with E-state index in [0.29, 0.717) is 24.2 Å². The van der Waals surface area contributed by atoms with E-state index in [0.717, 1.165) is 6.42 Å². The largest absolute Gasteiger partial charge is 0.452 e. The van der Waals surface area contributed by atoms with E-state index in [9.17, 15) is 19.2 Å². The zero-order chi connectivity index (χ0) is 20.5. The molecule has 0 unspecified atom stereocenters. The molecular formula is C20H25N3O5. The molecule has 1 saturated heterocycles. The number of esters is 1. The molecule has 150 valence electrons. The summed E-state index contributed by atoms with van der Waals surface area (Å²) in [6.07, 6.45) is 1.77. The fourth-order valence-corrected chi connectivity index (χ4v) is 3.74. The minimum atomic E-state index is -1.54. The van der Waals surface area contributed by atoms with Gasteiger partial charge >= 0.3 is 5.97 Å². The van der Waals surface area contributed by atoms with Crippen LogP contribution >= 0.6 is 0 Å². The van der Waals surface area contributed by atoms with E-state index in [1.54, 1.807) is 38.4 Å². The molecule has 2 heterocycles. The van der Waals surface area contributed by atoms with E-state index >= 15 is 0 Å². The van der Waals surface area contributed by atoms with E-state index < -0.39 is 18.2 Å². The Morgan fingerprint density at radius 2 is 1.93 bits per heavy atom. The Balaban J connectivity index is 2.05. The van der Waals surface area contributed by atoms with Gasteiger partial charge in [0, 0.05) is 33.5 Å². The van der Waals surface area contributed by atoms with Crippen molar-refractivity contribution in [3.05, 3.63) is 29.8 Å². The van der Waals surface area contributed by atoms with Crippen molar-refractivity contribution in [3.8, 4) is 0 Å². The van der Waals surface area contributed by atoms with Gasteiger partial charge in [-0.3, -0.25) is 19.3 Å². The summed E-state index contributed by atoms with van der Waals surface area (Å²) in [4.78, 5) is 55.3. The molecule has 3 amide bonds. The summed E-state index contributed by atoms with van der Waals surface area (Å²) in [6, 6.07) is 6.79. The van der Waals surface area contributed by atoms with Crippen LogP contribution in [0.3, 0.4) is 0 Å². The normalized spacial score (nSPS) is 20.7. The molecule has 2 aliphatic heterocycles. The number of likely N-dealkylation sites (N-methyl/N-ethyl adjacent to an activating group) is 1. The van der Waals surface area contributed by atoms with Crippen molar-refractivity contribution in [2.75, 3.05) is 32.1 Å². The molecule has 0 aliphatic carbocycles. The number of rotatable bonds is 6. The van der Waals surface area contributed by atoms with Crippen LogP contribution in [0, 0.1) is 0 Å². The lowest BCUT2D eigenvalue weighted by atomic mass is 9.96. The molecule has 1 aromatic rings. The lowest BCUT2D eigenvalue weighted by Crippen LogP contribution is -2.68. The first-order valence-electron chi connectivity index (χ1n) is 9.46. The van der Waals surface area contributed by atoms with Crippen molar-refractivity contribution < 1.29 is 23.9 Å². The van der Waals surface area contributed by atoms with Gasteiger partial charge in [0.05, 0.1) is 11.3 Å². The summed E-state index contributed by atoms with van der Waals surface area (Å²) < 4.78 is 5.31. The predicted octanol–water partition coefficient (Wildman–Crippen LogP) is 1.40. The van der Waals surface area contributed by atoms with Gasteiger partial charge in [0.1, 0.15) is 0 Å². The fourth-order valence-electron chi connectivity index (χ4n) is 3.74. The average Bonchev–Trinajstić information content (AvgIpc) is 3.04. The molecule has 0 saturated carbocycles. The topological polar surface area (TPSA) is 87.2 Å². The van der Waals surface area contributed by atoms with Crippen molar-refractivity contribution >= 4 is 29.4 Å². The summed E-state index contributed by atoms with van der Waals surface area (Å²) in [5.74, 6) is -1.65. The fraction of sp³-hybridized carbons (Fsp3) is 0.500. The Kier molecular flexibility index (Phi) is 5.40. The first kappa shape index (κ1) is 19.9. The minimum absolute atomic E-state index is 0.126. The third kappa shape index (κ3) is 3.02. The Bertz CT molecular complexity index is 822. The number of carbonyl (C=O) groups excluding carboxylic acids is 4. The van der Waals surface area contributed by atoms with Gasteiger partial charge < -0.3 is 14.5 Å². The number of amides is 3. The summed E-state index contributed by atoms with van der Waals surface area (Å²) in [5, 5.41) is 0. The molecule has 8 nitrogen and oxygen atoms in total. The lowest BCUT2D eigenvalue weighted by Gasteiger charge is -2.48. The molecule has 28 heavy (non-hydrogen) atoms. The zero-order valence-electron chi connectivity index (χ0n) is 16.4. The average molecular weight is 387 g/mol. The number of hydrogen-bond donors (Lipinski definition) is 0. The molecule has 1 aromatic carbocycles. The van der Waals surface area contributed by atoms with Gasteiger partial charge in [-0.05, 0) is 18.6 Å². The molecule has 8 heteroatoms. The molecule has 0 bridgehead atoms. The lowest BCUT2D eigenvalue weighted by molar-refractivity contribution is -0.161. The second-order valence-corrected chi connectivity index (χ2v) is 7.24. The van der Waals surface area contributed by atoms with Crippen LogP contribution in [0.4, 0.5) is 5.69 Å². The summed E-state index contributed by atoms with van der Waals surface area (Å²) >= 11 is 0. The maximum atomic E-state index is 13.2. The Labute approximate surface area is 164 Å². The number of hydrogen-bond acceptors (Lipinski definition) is 5. The number of benzene rings is 1.